The van der Waals surface area contributed by atoms with Crippen LogP contribution < -0.4 is 24.8 Å². The Morgan fingerprint density at radius 3 is 2.27 bits per heavy atom. The van der Waals surface area contributed by atoms with Crippen molar-refractivity contribution < 1.29 is 49.7 Å². The SMILES string of the molecule is C[Si](C)(C)OC(CCC1=[C]([Ti+2])CC=C1)c1ccccc1.[Cl-].[Cl-]. The molecule has 0 radical (unpaired) electrons. The predicted molar refractivity (Wildman–Crippen MR) is 83.6 cm³/mol. The van der Waals surface area contributed by atoms with E-state index in [0.717, 1.165) is 19.3 Å². The molecule has 1 aromatic carbocycles. The number of hydrogen-bond donors (Lipinski definition) is 0. The molecule has 0 fully saturated rings. The maximum Gasteiger partial charge on any atom is -1.00 e. The molecule has 1 aliphatic rings. The molecule has 1 unspecified atom stereocenters. The molecule has 0 amide bonds. The standard InChI is InChI=1S/C17H23OSi.2ClH.Ti/c1-19(2,3)18-17(16-11-5-4-6-12-16)14-13-15-9-7-8-10-15;;;/h4-7,9,11-12,17H,8,13-14H2,1-3H3;2*1H;/q;;;+2/p-2. The van der Waals surface area contributed by atoms with Gasteiger partial charge in [-0.25, -0.2) is 0 Å². The first-order valence-electron chi connectivity index (χ1n) is 7.28. The average Bonchev–Trinajstić information content (AvgIpc) is 2.80. The first-order chi connectivity index (χ1) is 9.46. The Hall–Kier alpha value is 0.171. The van der Waals surface area contributed by atoms with E-state index >= 15 is 0 Å². The van der Waals surface area contributed by atoms with Crippen LogP contribution in [0.3, 0.4) is 0 Å². The molecule has 0 heterocycles. The quantitative estimate of drug-likeness (QED) is 0.574. The fourth-order valence-electron chi connectivity index (χ4n) is 2.46. The molecule has 1 atom stereocenters. The van der Waals surface area contributed by atoms with E-state index in [-0.39, 0.29) is 30.9 Å². The fraction of sp³-hybridized carbons (Fsp3) is 0.412. The van der Waals surface area contributed by atoms with Gasteiger partial charge in [0, 0.05) is 0 Å². The molecule has 2 rings (SSSR count). The maximum absolute atomic E-state index is 6.41. The smallest absolute Gasteiger partial charge is 1.00 e. The van der Waals surface area contributed by atoms with E-state index in [2.05, 4.69) is 82.6 Å². The van der Waals surface area contributed by atoms with E-state index in [1.807, 2.05) is 0 Å². The van der Waals surface area contributed by atoms with E-state index in [0.29, 0.717) is 0 Å². The first kappa shape index (κ1) is 22.2. The summed E-state index contributed by atoms with van der Waals surface area (Å²) in [6, 6.07) is 10.7. The monoisotopic (exact) mass is 389 g/mol. The average molecular weight is 390 g/mol. The molecule has 22 heavy (non-hydrogen) atoms. The summed E-state index contributed by atoms with van der Waals surface area (Å²) >= 11 is 2.24. The van der Waals surface area contributed by atoms with Crippen LogP contribution >= 0.6 is 0 Å². The second-order valence-corrected chi connectivity index (χ2v) is 11.7. The van der Waals surface area contributed by atoms with Crippen LogP contribution in [-0.2, 0) is 24.9 Å². The summed E-state index contributed by atoms with van der Waals surface area (Å²) < 4.78 is 7.93. The minimum absolute atomic E-state index is 0. The van der Waals surface area contributed by atoms with Crippen LogP contribution in [-0.4, -0.2) is 8.32 Å². The molecular weight excluding hydrogens is 367 g/mol. The molecule has 0 saturated heterocycles. The normalized spacial score (nSPS) is 15.3. The Morgan fingerprint density at radius 1 is 1.14 bits per heavy atom. The third-order valence-corrected chi connectivity index (χ3v) is 5.18. The Balaban J connectivity index is 0.00000220. The Bertz CT molecular complexity index is 509. The molecule has 0 bridgehead atoms. The summed E-state index contributed by atoms with van der Waals surface area (Å²) in [5.74, 6) is 0. The Morgan fingerprint density at radius 2 is 1.77 bits per heavy atom. The van der Waals surface area contributed by atoms with Crippen LogP contribution in [0.5, 0.6) is 0 Å². The van der Waals surface area contributed by atoms with Gasteiger partial charge in [-0.15, -0.1) is 0 Å². The van der Waals surface area contributed by atoms with E-state index in [1.54, 1.807) is 0 Å². The molecule has 1 aromatic rings. The zero-order chi connectivity index (χ0) is 14.6. The maximum atomic E-state index is 6.41. The van der Waals surface area contributed by atoms with Gasteiger partial charge in [-0.1, -0.05) is 0 Å². The number of benzene rings is 1. The van der Waals surface area contributed by atoms with Crippen molar-refractivity contribution in [3.05, 3.63) is 57.5 Å². The minimum Gasteiger partial charge on any atom is -1.00 e. The van der Waals surface area contributed by atoms with Crippen molar-refractivity contribution in [1.82, 2.24) is 0 Å². The van der Waals surface area contributed by atoms with E-state index in [1.165, 1.54) is 15.0 Å². The van der Waals surface area contributed by atoms with Gasteiger partial charge in [0.05, 0.1) is 0 Å². The summed E-state index contributed by atoms with van der Waals surface area (Å²) in [6.45, 7) is 6.80. The van der Waals surface area contributed by atoms with Gasteiger partial charge in [0.25, 0.3) is 0 Å². The molecule has 0 saturated carbocycles. The molecule has 119 valence electrons. The summed E-state index contributed by atoms with van der Waals surface area (Å²) in [7, 11) is -1.53. The molecule has 1 nitrogen and oxygen atoms in total. The molecule has 5 heteroatoms. The van der Waals surface area contributed by atoms with E-state index < -0.39 is 8.32 Å². The number of rotatable bonds is 6. The molecule has 0 spiro atoms. The van der Waals surface area contributed by atoms with Gasteiger partial charge >= 0.3 is 136 Å². The predicted octanol–water partition coefficient (Wildman–Crippen LogP) is -0.872. The number of halogens is 2. The van der Waals surface area contributed by atoms with Gasteiger partial charge in [0.2, 0.25) is 0 Å². The van der Waals surface area contributed by atoms with Crippen LogP contribution in [0.15, 0.2) is 51.9 Å². The third kappa shape index (κ3) is 7.16. The largest absolute Gasteiger partial charge is 1.00 e. The Kier molecular flexibility index (Phi) is 10.2. The first-order valence-corrected chi connectivity index (χ1v) is 11.5. The van der Waals surface area contributed by atoms with Gasteiger partial charge in [0.15, 0.2) is 0 Å². The second-order valence-electron chi connectivity index (χ2n) is 6.28. The van der Waals surface area contributed by atoms with Crippen molar-refractivity contribution in [2.45, 2.75) is 45.0 Å². The molecule has 1 aliphatic carbocycles. The van der Waals surface area contributed by atoms with Crippen molar-refractivity contribution in [2.24, 2.45) is 0 Å². The summed E-state index contributed by atoms with van der Waals surface area (Å²) in [6.07, 6.45) is 8.10. The summed E-state index contributed by atoms with van der Waals surface area (Å²) in [5, 5.41) is 0. The summed E-state index contributed by atoms with van der Waals surface area (Å²) in [5.41, 5.74) is 2.82. The molecule has 0 aliphatic heterocycles. The van der Waals surface area contributed by atoms with Gasteiger partial charge in [-0.2, -0.15) is 0 Å². The van der Waals surface area contributed by atoms with Crippen LogP contribution in [0.1, 0.15) is 30.9 Å². The second kappa shape index (κ2) is 10.1. The van der Waals surface area contributed by atoms with Crippen LogP contribution in [0.25, 0.3) is 0 Å². The third-order valence-electron chi connectivity index (χ3n) is 3.37. The van der Waals surface area contributed by atoms with E-state index in [9.17, 15) is 0 Å². The van der Waals surface area contributed by atoms with Crippen LogP contribution in [0.2, 0.25) is 19.6 Å². The fourth-order valence-corrected chi connectivity index (χ4v) is 4.08. The molecule has 0 N–H and O–H groups in total. The van der Waals surface area contributed by atoms with Gasteiger partial charge in [-0.3, -0.25) is 0 Å². The van der Waals surface area contributed by atoms with Crippen molar-refractivity contribution in [2.75, 3.05) is 0 Å². The molecule has 0 aromatic heterocycles. The van der Waals surface area contributed by atoms with Crippen LogP contribution in [0, 0.1) is 0 Å². The van der Waals surface area contributed by atoms with Crippen molar-refractivity contribution >= 4 is 8.32 Å². The van der Waals surface area contributed by atoms with Gasteiger partial charge in [-0.05, 0) is 0 Å². The van der Waals surface area contributed by atoms with Crippen molar-refractivity contribution in [3.8, 4) is 0 Å². The molecular formula is C17H23Cl2OSiTi. The number of allylic oxidation sites excluding steroid dienone is 4. The number of hydrogen-bond acceptors (Lipinski definition) is 1. The van der Waals surface area contributed by atoms with E-state index in [4.69, 9.17) is 4.43 Å². The topological polar surface area (TPSA) is 9.23 Å². The van der Waals surface area contributed by atoms with Crippen molar-refractivity contribution in [1.29, 1.82) is 0 Å². The zero-order valence-electron chi connectivity index (χ0n) is 13.4. The minimum atomic E-state index is -1.53. The Labute approximate surface area is 160 Å². The van der Waals surface area contributed by atoms with Gasteiger partial charge < -0.3 is 24.8 Å². The van der Waals surface area contributed by atoms with Gasteiger partial charge in [0.1, 0.15) is 0 Å². The zero-order valence-corrected chi connectivity index (χ0v) is 17.5. The summed E-state index contributed by atoms with van der Waals surface area (Å²) in [4.78, 5) is 0. The van der Waals surface area contributed by atoms with Crippen molar-refractivity contribution in [3.63, 3.8) is 0 Å². The van der Waals surface area contributed by atoms with Crippen LogP contribution in [0.4, 0.5) is 0 Å².